The lowest BCUT2D eigenvalue weighted by Crippen LogP contribution is -2.51. The molecule has 5 heterocycles. The summed E-state index contributed by atoms with van der Waals surface area (Å²) in [4.78, 5) is 40.2. The highest BCUT2D eigenvalue weighted by molar-refractivity contribution is 5.87. The number of amides is 2. The van der Waals surface area contributed by atoms with E-state index in [2.05, 4.69) is 32.6 Å². The highest BCUT2D eigenvalue weighted by Crippen LogP contribution is 2.31. The van der Waals surface area contributed by atoms with Gasteiger partial charge in [-0.2, -0.15) is 15.4 Å². The molecule has 2 amide bonds. The van der Waals surface area contributed by atoms with E-state index >= 15 is 0 Å². The zero-order valence-electron chi connectivity index (χ0n) is 27.7. The fourth-order valence-electron chi connectivity index (χ4n) is 5.20. The van der Waals surface area contributed by atoms with E-state index in [1.165, 1.54) is 69.6 Å². The first-order chi connectivity index (χ1) is 20.2. The van der Waals surface area contributed by atoms with Crippen molar-refractivity contribution in [2.24, 2.45) is 0 Å². The molecule has 4 aliphatic heterocycles. The van der Waals surface area contributed by atoms with Gasteiger partial charge in [-0.05, 0) is 107 Å². The normalized spacial score (nSPS) is 22.7. The molecule has 0 aromatic carbocycles. The van der Waals surface area contributed by atoms with Gasteiger partial charge in [-0.1, -0.05) is 12.8 Å². The number of ether oxygens (including phenoxy) is 2. The zero-order chi connectivity index (χ0) is 31.9. The molecular weight excluding hydrogens is 550 g/mol. The van der Waals surface area contributed by atoms with Gasteiger partial charge < -0.3 is 24.6 Å². The van der Waals surface area contributed by atoms with Gasteiger partial charge in [-0.15, -0.1) is 0 Å². The minimum atomic E-state index is -0.483. The molecule has 1 aromatic heterocycles. The molecule has 43 heavy (non-hydrogen) atoms. The van der Waals surface area contributed by atoms with Crippen molar-refractivity contribution in [2.75, 3.05) is 52.4 Å². The number of carbonyl (C=O) groups excluding carboxylic acids is 3. The van der Waals surface area contributed by atoms with E-state index < -0.39 is 17.3 Å². The third-order valence-electron chi connectivity index (χ3n) is 7.44. The van der Waals surface area contributed by atoms with Crippen molar-refractivity contribution in [3.63, 3.8) is 0 Å². The molecule has 2 N–H and O–H groups in total. The lowest BCUT2D eigenvalue weighted by atomic mass is 9.95. The number of ketones is 1. The molecule has 0 saturated carbocycles. The number of carbonyl (C=O) groups is 3. The Hall–Kier alpha value is -2.73. The number of H-pyrrole nitrogens is 1. The van der Waals surface area contributed by atoms with Crippen molar-refractivity contribution in [1.82, 2.24) is 35.4 Å². The van der Waals surface area contributed by atoms with Crippen molar-refractivity contribution in [1.29, 1.82) is 0 Å². The molecule has 1 atom stereocenters. The van der Waals surface area contributed by atoms with Crippen LogP contribution in [0, 0.1) is 0 Å². The second kappa shape index (κ2) is 17.5. The van der Waals surface area contributed by atoms with Gasteiger partial charge in [0.05, 0.1) is 18.9 Å². The molecule has 12 nitrogen and oxygen atoms in total. The first-order valence-corrected chi connectivity index (χ1v) is 15.9. The number of aromatic amines is 1. The van der Waals surface area contributed by atoms with Crippen LogP contribution >= 0.6 is 0 Å². The maximum Gasteiger partial charge on any atom is 0.410 e. The standard InChI is InChI=1S/C15H28N2O2.C9H15NO3.C5H11N.C2H3N3/c1-14(2,3)19-13(18)16-11-8-15(4,12-16)17-9-6-5-7-10-17;1-9(2,3)13-8(12)10-5-4-7(11)6-10;1-2-4-6-5-3-1;1-2-4-5-3-1/h5-12H2,1-4H3;4-6H2,1-3H3;6H,1-5H2;1-2H,(H,3,4,5). The number of hydrogen-bond acceptors (Lipinski definition) is 9. The Morgan fingerprint density at radius 3 is 1.72 bits per heavy atom. The van der Waals surface area contributed by atoms with Crippen LogP contribution in [0.5, 0.6) is 0 Å². The summed E-state index contributed by atoms with van der Waals surface area (Å²) >= 11 is 0. The number of nitrogens with zero attached hydrogens (tertiary/aromatic N) is 5. The maximum atomic E-state index is 12.1. The summed E-state index contributed by atoms with van der Waals surface area (Å²) in [5.74, 6) is 0.103. The van der Waals surface area contributed by atoms with Crippen LogP contribution in [0.3, 0.4) is 0 Å². The molecule has 0 bridgehead atoms. The van der Waals surface area contributed by atoms with E-state index in [0.29, 0.717) is 13.0 Å². The van der Waals surface area contributed by atoms with Gasteiger partial charge in [0.2, 0.25) is 0 Å². The number of hydrogen-bond donors (Lipinski definition) is 2. The fourth-order valence-corrected chi connectivity index (χ4v) is 5.20. The van der Waals surface area contributed by atoms with Crippen LogP contribution in [-0.4, -0.2) is 117 Å². The summed E-state index contributed by atoms with van der Waals surface area (Å²) in [6.45, 7) is 20.7. The maximum absolute atomic E-state index is 12.1. The molecule has 5 rings (SSSR count). The van der Waals surface area contributed by atoms with E-state index in [-0.39, 0.29) is 24.0 Å². The molecule has 0 spiro atoms. The van der Waals surface area contributed by atoms with Crippen LogP contribution in [0.1, 0.15) is 99.8 Å². The minimum Gasteiger partial charge on any atom is -0.444 e. The summed E-state index contributed by atoms with van der Waals surface area (Å²) in [5.41, 5.74) is -0.735. The molecule has 4 aliphatic rings. The number of Topliss-reactive ketones (excluding diaryl/α,β-unsaturated/α-hetero) is 1. The number of piperidine rings is 2. The number of rotatable bonds is 1. The molecule has 4 saturated heterocycles. The van der Waals surface area contributed by atoms with Crippen molar-refractivity contribution < 1.29 is 23.9 Å². The zero-order valence-corrected chi connectivity index (χ0v) is 27.7. The largest absolute Gasteiger partial charge is 0.444 e. The van der Waals surface area contributed by atoms with Crippen LogP contribution in [0.15, 0.2) is 12.4 Å². The molecule has 246 valence electrons. The van der Waals surface area contributed by atoms with Crippen LogP contribution in [0.2, 0.25) is 0 Å². The number of likely N-dealkylation sites (tertiary alicyclic amines) is 3. The molecule has 12 heteroatoms. The van der Waals surface area contributed by atoms with Crippen molar-refractivity contribution in [3.05, 3.63) is 12.4 Å². The van der Waals surface area contributed by atoms with Gasteiger partial charge >= 0.3 is 12.2 Å². The van der Waals surface area contributed by atoms with Crippen molar-refractivity contribution in [2.45, 2.75) is 117 Å². The van der Waals surface area contributed by atoms with E-state index in [4.69, 9.17) is 9.47 Å². The van der Waals surface area contributed by atoms with E-state index in [0.717, 1.165) is 19.5 Å². The monoisotopic (exact) mass is 607 g/mol. The van der Waals surface area contributed by atoms with E-state index in [1.807, 2.05) is 46.4 Å². The fraction of sp³-hybridized carbons (Fsp3) is 0.839. The van der Waals surface area contributed by atoms with Gasteiger partial charge in [-0.3, -0.25) is 9.69 Å². The highest BCUT2D eigenvalue weighted by atomic mass is 16.6. The second-order valence-corrected chi connectivity index (χ2v) is 13.9. The van der Waals surface area contributed by atoms with Gasteiger partial charge in [0.25, 0.3) is 0 Å². The van der Waals surface area contributed by atoms with Gasteiger partial charge in [0, 0.05) is 31.6 Å². The Bertz CT molecular complexity index is 922. The van der Waals surface area contributed by atoms with Gasteiger partial charge in [0.1, 0.15) is 11.2 Å². The van der Waals surface area contributed by atoms with Crippen molar-refractivity contribution >= 4 is 18.0 Å². The first-order valence-electron chi connectivity index (χ1n) is 15.9. The molecule has 1 unspecified atom stereocenters. The molecule has 1 aromatic rings. The third-order valence-corrected chi connectivity index (χ3v) is 7.44. The summed E-state index contributed by atoms with van der Waals surface area (Å²) in [6, 6.07) is 0. The predicted molar refractivity (Wildman–Crippen MR) is 167 cm³/mol. The molecule has 0 radical (unpaired) electrons. The average Bonchev–Trinajstić information content (AvgIpc) is 3.73. The quantitative estimate of drug-likeness (QED) is 0.469. The average molecular weight is 608 g/mol. The Kier molecular flexibility index (Phi) is 14.9. The summed E-state index contributed by atoms with van der Waals surface area (Å²) in [5, 5.41) is 12.6. The van der Waals surface area contributed by atoms with Gasteiger partial charge in [-0.25, -0.2) is 9.59 Å². The second-order valence-electron chi connectivity index (χ2n) is 13.9. The number of aromatic nitrogens is 3. The molecule has 0 aliphatic carbocycles. The molecular formula is C31H57N7O5. The van der Waals surface area contributed by atoms with Crippen LogP contribution in [0.25, 0.3) is 0 Å². The summed E-state index contributed by atoms with van der Waals surface area (Å²) in [7, 11) is 0. The lowest BCUT2D eigenvalue weighted by Gasteiger charge is -2.40. The highest BCUT2D eigenvalue weighted by Gasteiger charge is 2.42. The van der Waals surface area contributed by atoms with Crippen molar-refractivity contribution in [3.8, 4) is 0 Å². The predicted octanol–water partition coefficient (Wildman–Crippen LogP) is 4.63. The lowest BCUT2D eigenvalue weighted by molar-refractivity contribution is -0.117. The summed E-state index contributed by atoms with van der Waals surface area (Å²) in [6.07, 6.45) is 12.3. The SMILES string of the molecule is C1CCNCC1.CC(C)(C)OC(=O)N1CCC(=O)C1.CC(C)(C)OC(=O)N1CCC(C)(N2CCCCC2)C1.c1cn[nH]n1. The Morgan fingerprint density at radius 2 is 1.33 bits per heavy atom. The van der Waals surface area contributed by atoms with E-state index in [1.54, 1.807) is 12.4 Å². The topological polar surface area (TPSA) is 133 Å². The first kappa shape index (κ1) is 36.5. The smallest absolute Gasteiger partial charge is 0.410 e. The minimum absolute atomic E-state index is 0.103. The summed E-state index contributed by atoms with van der Waals surface area (Å²) < 4.78 is 10.6. The van der Waals surface area contributed by atoms with E-state index in [9.17, 15) is 14.4 Å². The Labute approximate surface area is 258 Å². The molecule has 4 fully saturated rings. The van der Waals surface area contributed by atoms with Crippen LogP contribution < -0.4 is 5.32 Å². The number of nitrogens with one attached hydrogen (secondary N) is 2. The van der Waals surface area contributed by atoms with Gasteiger partial charge in [0.15, 0.2) is 5.78 Å². The third kappa shape index (κ3) is 15.0. The Balaban J connectivity index is 0.000000229. The van der Waals surface area contributed by atoms with Crippen LogP contribution in [-0.2, 0) is 14.3 Å². The Morgan fingerprint density at radius 1 is 0.791 bits per heavy atom. The van der Waals surface area contributed by atoms with Crippen LogP contribution in [0.4, 0.5) is 9.59 Å².